The maximum Gasteiger partial charge on any atom is 0.233 e. The van der Waals surface area contributed by atoms with Crippen LogP contribution in [-0.2, 0) is 4.79 Å². The second-order valence-corrected chi connectivity index (χ2v) is 5.24. The van der Waals surface area contributed by atoms with Gasteiger partial charge in [0.25, 0.3) is 0 Å². The van der Waals surface area contributed by atoms with E-state index in [0.717, 1.165) is 17.0 Å². The highest BCUT2D eigenvalue weighted by atomic mass is 32.2. The largest absolute Gasteiger partial charge is 0.341 e. The molecular formula is C10H14N6OS. The fraction of sp³-hybridized carbons (Fsp3) is 0.400. The summed E-state index contributed by atoms with van der Waals surface area (Å²) < 4.78 is 0. The Bertz CT molecular complexity index is 542. The average Bonchev–Trinajstić information content (AvgIpc) is 2.85. The number of hydrogen-bond acceptors (Lipinski definition) is 6. The Labute approximate surface area is 108 Å². The number of amides is 1. The molecule has 0 radical (unpaired) electrons. The summed E-state index contributed by atoms with van der Waals surface area (Å²) in [4.78, 5) is 26.4. The fourth-order valence-electron chi connectivity index (χ4n) is 1.49. The fourth-order valence-corrected chi connectivity index (χ4v) is 2.48. The molecule has 7 nitrogen and oxygen atoms in total. The molecule has 0 fully saturated rings. The standard InChI is InChI=1S/C10H14N6OS/c1-6(2-3-7(17)16-11)18-10-8-9(13-4-12-8)14-5-15-10/h4-6H,2-3,11H2,1H3,(H,16,17)(H,12,13,14,15). The Kier molecular flexibility index (Phi) is 4.11. The molecule has 0 bridgehead atoms. The molecule has 18 heavy (non-hydrogen) atoms. The molecule has 4 N–H and O–H groups in total. The summed E-state index contributed by atoms with van der Waals surface area (Å²) >= 11 is 1.59. The lowest BCUT2D eigenvalue weighted by atomic mass is 10.2. The van der Waals surface area contributed by atoms with E-state index in [0.29, 0.717) is 12.1 Å². The predicted octanol–water partition coefficient (Wildman–Crippen LogP) is 0.604. The lowest BCUT2D eigenvalue weighted by Gasteiger charge is -2.09. The number of fused-ring (bicyclic) bond motifs is 1. The van der Waals surface area contributed by atoms with Gasteiger partial charge in [0.1, 0.15) is 16.9 Å². The van der Waals surface area contributed by atoms with Gasteiger partial charge in [0.05, 0.1) is 6.33 Å². The van der Waals surface area contributed by atoms with E-state index in [1.807, 2.05) is 6.92 Å². The van der Waals surface area contributed by atoms with Gasteiger partial charge in [-0.1, -0.05) is 6.92 Å². The Hall–Kier alpha value is -1.67. The third kappa shape index (κ3) is 2.96. The van der Waals surface area contributed by atoms with Crippen molar-refractivity contribution in [2.24, 2.45) is 5.84 Å². The van der Waals surface area contributed by atoms with Crippen molar-refractivity contribution in [3.63, 3.8) is 0 Å². The molecule has 8 heteroatoms. The molecule has 0 saturated heterocycles. The third-order valence-electron chi connectivity index (χ3n) is 2.44. The summed E-state index contributed by atoms with van der Waals surface area (Å²) in [5.41, 5.74) is 3.60. The highest BCUT2D eigenvalue weighted by Crippen LogP contribution is 2.27. The van der Waals surface area contributed by atoms with E-state index in [4.69, 9.17) is 5.84 Å². The van der Waals surface area contributed by atoms with Crippen molar-refractivity contribution < 1.29 is 4.79 Å². The number of nitrogens with zero attached hydrogens (tertiary/aromatic N) is 3. The summed E-state index contributed by atoms with van der Waals surface area (Å²) in [6.45, 7) is 2.04. The minimum atomic E-state index is -0.156. The van der Waals surface area contributed by atoms with Crippen LogP contribution in [0.25, 0.3) is 11.2 Å². The molecular weight excluding hydrogens is 252 g/mol. The van der Waals surface area contributed by atoms with Crippen molar-refractivity contribution in [3.05, 3.63) is 12.7 Å². The summed E-state index contributed by atoms with van der Waals surface area (Å²) in [6, 6.07) is 0. The van der Waals surface area contributed by atoms with Crippen LogP contribution in [0.4, 0.5) is 0 Å². The molecule has 0 aliphatic rings. The molecule has 0 spiro atoms. The third-order valence-corrected chi connectivity index (χ3v) is 3.61. The lowest BCUT2D eigenvalue weighted by Crippen LogP contribution is -2.30. The summed E-state index contributed by atoms with van der Waals surface area (Å²) in [6.07, 6.45) is 4.22. The Morgan fingerprint density at radius 1 is 1.56 bits per heavy atom. The van der Waals surface area contributed by atoms with Crippen LogP contribution in [0.2, 0.25) is 0 Å². The number of hydrogen-bond donors (Lipinski definition) is 3. The first kappa shape index (κ1) is 12.8. The summed E-state index contributed by atoms with van der Waals surface area (Å²) in [5.74, 6) is 4.88. The van der Waals surface area contributed by atoms with E-state index in [2.05, 4.69) is 25.4 Å². The molecule has 0 aliphatic carbocycles. The van der Waals surface area contributed by atoms with Gasteiger partial charge in [0.2, 0.25) is 5.91 Å². The van der Waals surface area contributed by atoms with Crippen LogP contribution in [0.1, 0.15) is 19.8 Å². The molecule has 2 aromatic rings. The van der Waals surface area contributed by atoms with Gasteiger partial charge < -0.3 is 4.98 Å². The van der Waals surface area contributed by atoms with Gasteiger partial charge in [-0.25, -0.2) is 20.8 Å². The molecule has 1 unspecified atom stereocenters. The normalized spacial score (nSPS) is 12.6. The van der Waals surface area contributed by atoms with Crippen molar-refractivity contribution in [3.8, 4) is 0 Å². The van der Waals surface area contributed by atoms with E-state index in [-0.39, 0.29) is 11.2 Å². The van der Waals surface area contributed by atoms with E-state index < -0.39 is 0 Å². The number of nitrogens with one attached hydrogen (secondary N) is 2. The monoisotopic (exact) mass is 266 g/mol. The quantitative estimate of drug-likeness (QED) is 0.240. The van der Waals surface area contributed by atoms with Gasteiger partial charge in [-0.15, -0.1) is 11.8 Å². The first-order chi connectivity index (χ1) is 8.70. The average molecular weight is 266 g/mol. The predicted molar refractivity (Wildman–Crippen MR) is 68.6 cm³/mol. The Morgan fingerprint density at radius 3 is 3.17 bits per heavy atom. The number of nitrogens with two attached hydrogens (primary N) is 1. The number of aromatic amines is 1. The second-order valence-electron chi connectivity index (χ2n) is 3.81. The number of rotatable bonds is 5. The summed E-state index contributed by atoms with van der Waals surface area (Å²) in [7, 11) is 0. The van der Waals surface area contributed by atoms with E-state index in [1.54, 1.807) is 18.1 Å². The van der Waals surface area contributed by atoms with Crippen molar-refractivity contribution in [1.29, 1.82) is 0 Å². The van der Waals surface area contributed by atoms with Gasteiger partial charge in [0, 0.05) is 11.7 Å². The van der Waals surface area contributed by atoms with Crippen LogP contribution in [0.5, 0.6) is 0 Å². The van der Waals surface area contributed by atoms with Crippen LogP contribution in [-0.4, -0.2) is 31.1 Å². The van der Waals surface area contributed by atoms with Crippen LogP contribution in [0.3, 0.4) is 0 Å². The number of hydrazine groups is 1. The molecule has 0 aliphatic heterocycles. The van der Waals surface area contributed by atoms with Gasteiger partial charge >= 0.3 is 0 Å². The number of H-pyrrole nitrogens is 1. The first-order valence-electron chi connectivity index (χ1n) is 5.51. The molecule has 1 amide bonds. The summed E-state index contributed by atoms with van der Waals surface area (Å²) in [5, 5.41) is 1.10. The van der Waals surface area contributed by atoms with Gasteiger partial charge in [-0.2, -0.15) is 0 Å². The van der Waals surface area contributed by atoms with Crippen molar-refractivity contribution in [2.45, 2.75) is 30.0 Å². The molecule has 1 atom stereocenters. The molecule has 2 heterocycles. The number of aromatic nitrogens is 4. The highest BCUT2D eigenvalue weighted by Gasteiger charge is 2.12. The maximum absolute atomic E-state index is 11.1. The Balaban J connectivity index is 2.00. The molecule has 96 valence electrons. The maximum atomic E-state index is 11.1. The van der Waals surface area contributed by atoms with Crippen LogP contribution >= 0.6 is 11.8 Å². The topological polar surface area (TPSA) is 110 Å². The number of imidazole rings is 1. The number of carbonyl (C=O) groups is 1. The first-order valence-corrected chi connectivity index (χ1v) is 6.39. The van der Waals surface area contributed by atoms with Crippen molar-refractivity contribution >= 4 is 28.8 Å². The molecule has 2 aromatic heterocycles. The smallest absolute Gasteiger partial charge is 0.233 e. The van der Waals surface area contributed by atoms with Gasteiger partial charge in [-0.05, 0) is 6.42 Å². The zero-order valence-electron chi connectivity index (χ0n) is 9.88. The lowest BCUT2D eigenvalue weighted by molar-refractivity contribution is -0.121. The van der Waals surface area contributed by atoms with Crippen molar-refractivity contribution in [2.75, 3.05) is 0 Å². The van der Waals surface area contributed by atoms with E-state index in [9.17, 15) is 4.79 Å². The zero-order valence-corrected chi connectivity index (χ0v) is 10.7. The van der Waals surface area contributed by atoms with Gasteiger partial charge in [0.15, 0.2) is 5.65 Å². The van der Waals surface area contributed by atoms with E-state index in [1.165, 1.54) is 6.33 Å². The van der Waals surface area contributed by atoms with Crippen LogP contribution in [0.15, 0.2) is 17.7 Å². The Morgan fingerprint density at radius 2 is 2.39 bits per heavy atom. The minimum absolute atomic E-state index is 0.156. The van der Waals surface area contributed by atoms with Crippen LogP contribution < -0.4 is 11.3 Å². The molecule has 2 rings (SSSR count). The van der Waals surface area contributed by atoms with Crippen molar-refractivity contribution in [1.82, 2.24) is 25.4 Å². The zero-order chi connectivity index (χ0) is 13.0. The highest BCUT2D eigenvalue weighted by molar-refractivity contribution is 8.00. The van der Waals surface area contributed by atoms with E-state index >= 15 is 0 Å². The minimum Gasteiger partial charge on any atom is -0.341 e. The molecule has 0 aromatic carbocycles. The number of thioether (sulfide) groups is 1. The number of carbonyl (C=O) groups excluding carboxylic acids is 1. The SMILES string of the molecule is CC(CCC(=O)NN)Sc1ncnc2nc[nH]c12. The molecule has 0 saturated carbocycles. The van der Waals surface area contributed by atoms with Crippen LogP contribution in [0, 0.1) is 0 Å². The van der Waals surface area contributed by atoms with Gasteiger partial charge in [-0.3, -0.25) is 10.2 Å². The second kappa shape index (κ2) is 5.78.